The molecule has 0 radical (unpaired) electrons. The van der Waals surface area contributed by atoms with Crippen LogP contribution in [0.15, 0.2) is 18.2 Å². The highest BCUT2D eigenvalue weighted by molar-refractivity contribution is 7.80. The first-order chi connectivity index (χ1) is 9.47. The lowest BCUT2D eigenvalue weighted by molar-refractivity contribution is -0.130. The van der Waals surface area contributed by atoms with Gasteiger partial charge in [-0.2, -0.15) is 0 Å². The van der Waals surface area contributed by atoms with E-state index in [0.29, 0.717) is 12.1 Å². The number of thiocarbonyl (C=S) groups is 1. The van der Waals surface area contributed by atoms with E-state index < -0.39 is 0 Å². The van der Waals surface area contributed by atoms with Gasteiger partial charge < -0.3 is 10.6 Å². The van der Waals surface area contributed by atoms with Crippen molar-refractivity contribution in [1.29, 1.82) is 0 Å². The van der Waals surface area contributed by atoms with Crippen molar-refractivity contribution in [3.63, 3.8) is 0 Å². The predicted molar refractivity (Wildman–Crippen MR) is 79.8 cm³/mol. The highest BCUT2D eigenvalue weighted by Crippen LogP contribution is 2.14. The van der Waals surface area contributed by atoms with Crippen LogP contribution in [0.4, 0.5) is 4.39 Å². The van der Waals surface area contributed by atoms with Crippen LogP contribution in [0.25, 0.3) is 0 Å². The van der Waals surface area contributed by atoms with Crippen LogP contribution in [0.2, 0.25) is 0 Å². The Labute approximate surface area is 123 Å². The molecule has 1 amide bonds. The minimum Gasteiger partial charge on any atom is -0.389 e. The molecular formula is C14H18FN3OS. The molecule has 0 spiro atoms. The lowest BCUT2D eigenvalue weighted by Crippen LogP contribution is -2.47. The third-order valence-electron chi connectivity index (χ3n) is 3.52. The van der Waals surface area contributed by atoms with Crippen LogP contribution in [0, 0.1) is 5.82 Å². The zero-order valence-electron chi connectivity index (χ0n) is 11.4. The number of carbonyl (C=O) groups is 1. The number of hydrogen-bond acceptors (Lipinski definition) is 3. The molecule has 6 heteroatoms. The number of piperazine rings is 1. The molecule has 4 nitrogen and oxygen atoms in total. The lowest BCUT2D eigenvalue weighted by atomic mass is 10.1. The van der Waals surface area contributed by atoms with Crippen LogP contribution in [0.1, 0.15) is 18.1 Å². The highest BCUT2D eigenvalue weighted by Gasteiger charge is 2.18. The average Bonchev–Trinajstić information content (AvgIpc) is 2.41. The normalized spacial score (nSPS) is 16.2. The van der Waals surface area contributed by atoms with Crippen molar-refractivity contribution in [3.8, 4) is 0 Å². The molecule has 1 saturated heterocycles. The van der Waals surface area contributed by atoms with E-state index in [9.17, 15) is 9.18 Å². The van der Waals surface area contributed by atoms with Gasteiger partial charge in [0.05, 0.1) is 0 Å². The van der Waals surface area contributed by atoms with Gasteiger partial charge in [0.2, 0.25) is 5.91 Å². The highest BCUT2D eigenvalue weighted by atomic mass is 32.1. The van der Waals surface area contributed by atoms with Gasteiger partial charge in [-0.25, -0.2) is 4.39 Å². The molecule has 0 atom stereocenters. The number of rotatable bonds is 3. The maximum Gasteiger partial charge on any atom is 0.219 e. The molecule has 0 unspecified atom stereocenters. The lowest BCUT2D eigenvalue weighted by Gasteiger charge is -2.34. The summed E-state index contributed by atoms with van der Waals surface area (Å²) < 4.78 is 13.5. The Morgan fingerprint density at radius 3 is 2.55 bits per heavy atom. The van der Waals surface area contributed by atoms with Crippen molar-refractivity contribution in [2.45, 2.75) is 13.5 Å². The number of nitrogens with zero attached hydrogens (tertiary/aromatic N) is 2. The Hall–Kier alpha value is -1.53. The molecule has 0 saturated carbocycles. The smallest absolute Gasteiger partial charge is 0.219 e. The summed E-state index contributed by atoms with van der Waals surface area (Å²) in [5, 5.41) is 0. The molecule has 0 aromatic heterocycles. The van der Waals surface area contributed by atoms with E-state index in [-0.39, 0.29) is 16.7 Å². The van der Waals surface area contributed by atoms with Crippen LogP contribution in [0.5, 0.6) is 0 Å². The van der Waals surface area contributed by atoms with Gasteiger partial charge in [-0.15, -0.1) is 0 Å². The van der Waals surface area contributed by atoms with E-state index >= 15 is 0 Å². The van der Waals surface area contributed by atoms with Gasteiger partial charge in [-0.05, 0) is 17.7 Å². The third kappa shape index (κ3) is 3.52. The summed E-state index contributed by atoms with van der Waals surface area (Å²) in [4.78, 5) is 15.4. The molecule has 1 fully saturated rings. The summed E-state index contributed by atoms with van der Waals surface area (Å²) in [6.07, 6.45) is 0. The number of amides is 1. The van der Waals surface area contributed by atoms with E-state index in [1.54, 1.807) is 19.1 Å². The van der Waals surface area contributed by atoms with Crippen LogP contribution in [-0.4, -0.2) is 46.9 Å². The largest absolute Gasteiger partial charge is 0.389 e. The second-order valence-corrected chi connectivity index (χ2v) is 5.40. The summed E-state index contributed by atoms with van der Waals surface area (Å²) >= 11 is 4.84. The van der Waals surface area contributed by atoms with Crippen LogP contribution in [0.3, 0.4) is 0 Å². The van der Waals surface area contributed by atoms with Crippen molar-refractivity contribution >= 4 is 23.1 Å². The quantitative estimate of drug-likeness (QED) is 0.849. The number of halogens is 1. The van der Waals surface area contributed by atoms with Crippen molar-refractivity contribution in [1.82, 2.24) is 9.80 Å². The molecule has 108 valence electrons. The third-order valence-corrected chi connectivity index (χ3v) is 3.74. The molecule has 1 aliphatic rings. The molecule has 1 aromatic rings. The Morgan fingerprint density at radius 1 is 1.35 bits per heavy atom. The summed E-state index contributed by atoms with van der Waals surface area (Å²) in [7, 11) is 0. The van der Waals surface area contributed by atoms with Gasteiger partial charge in [0, 0.05) is 45.2 Å². The molecule has 0 bridgehead atoms. The fourth-order valence-corrected chi connectivity index (χ4v) is 2.50. The van der Waals surface area contributed by atoms with Crippen molar-refractivity contribution in [2.75, 3.05) is 26.2 Å². The summed E-state index contributed by atoms with van der Waals surface area (Å²) in [5.74, 6) is -0.273. The van der Waals surface area contributed by atoms with Crippen LogP contribution < -0.4 is 5.73 Å². The van der Waals surface area contributed by atoms with E-state index in [1.807, 2.05) is 4.90 Å². The molecule has 2 N–H and O–H groups in total. The number of hydrogen-bond donors (Lipinski definition) is 1. The Morgan fingerprint density at radius 2 is 2.00 bits per heavy atom. The summed E-state index contributed by atoms with van der Waals surface area (Å²) in [6, 6.07) is 4.85. The second-order valence-electron chi connectivity index (χ2n) is 4.96. The SMILES string of the molecule is CC(=O)N1CCN(Cc2ccc(F)c(C(N)=S)c2)CC1. The van der Waals surface area contributed by atoms with E-state index in [2.05, 4.69) is 4.90 Å². The topological polar surface area (TPSA) is 49.6 Å². The van der Waals surface area contributed by atoms with Gasteiger partial charge in [0.1, 0.15) is 10.8 Å². The molecule has 20 heavy (non-hydrogen) atoms. The predicted octanol–water partition coefficient (Wildman–Crippen LogP) is 1.12. The van der Waals surface area contributed by atoms with Crippen molar-refractivity contribution in [3.05, 3.63) is 35.1 Å². The van der Waals surface area contributed by atoms with Gasteiger partial charge in [-0.3, -0.25) is 9.69 Å². The molecule has 0 aliphatic carbocycles. The minimum atomic E-state index is -0.386. The Bertz CT molecular complexity index is 527. The minimum absolute atomic E-state index is 0.0748. The summed E-state index contributed by atoms with van der Waals surface area (Å²) in [5.41, 5.74) is 6.77. The van der Waals surface area contributed by atoms with Gasteiger partial charge >= 0.3 is 0 Å². The molecular weight excluding hydrogens is 277 g/mol. The first-order valence-corrected chi connectivity index (χ1v) is 6.94. The maximum absolute atomic E-state index is 13.5. The zero-order chi connectivity index (χ0) is 14.7. The molecule has 1 aromatic carbocycles. The fourth-order valence-electron chi connectivity index (χ4n) is 2.34. The van der Waals surface area contributed by atoms with E-state index in [0.717, 1.165) is 31.7 Å². The van der Waals surface area contributed by atoms with Crippen LogP contribution >= 0.6 is 12.2 Å². The van der Waals surface area contributed by atoms with Crippen LogP contribution in [-0.2, 0) is 11.3 Å². The number of nitrogens with two attached hydrogens (primary N) is 1. The summed E-state index contributed by atoms with van der Waals surface area (Å²) in [6.45, 7) is 5.40. The van der Waals surface area contributed by atoms with Gasteiger partial charge in [-0.1, -0.05) is 18.3 Å². The average molecular weight is 295 g/mol. The standard InChI is InChI=1S/C14H18FN3OS/c1-10(19)18-6-4-17(5-7-18)9-11-2-3-13(15)12(8-11)14(16)20/h2-3,8H,4-7,9H2,1H3,(H2,16,20). The molecule has 1 heterocycles. The van der Waals surface area contributed by atoms with Gasteiger partial charge in [0.15, 0.2) is 0 Å². The maximum atomic E-state index is 13.5. The van der Waals surface area contributed by atoms with E-state index in [1.165, 1.54) is 6.07 Å². The molecule has 1 aliphatic heterocycles. The first-order valence-electron chi connectivity index (χ1n) is 6.53. The van der Waals surface area contributed by atoms with E-state index in [4.69, 9.17) is 18.0 Å². The Balaban J connectivity index is 1.99. The molecule has 2 rings (SSSR count). The first kappa shape index (κ1) is 14.9. The van der Waals surface area contributed by atoms with Crippen molar-refractivity contribution in [2.24, 2.45) is 5.73 Å². The van der Waals surface area contributed by atoms with Gasteiger partial charge in [0.25, 0.3) is 0 Å². The fraction of sp³-hybridized carbons (Fsp3) is 0.429. The number of benzene rings is 1. The Kier molecular flexibility index (Phi) is 4.67. The second kappa shape index (κ2) is 6.28. The zero-order valence-corrected chi connectivity index (χ0v) is 12.3. The monoisotopic (exact) mass is 295 g/mol. The number of carbonyl (C=O) groups excluding carboxylic acids is 1. The van der Waals surface area contributed by atoms with Crippen molar-refractivity contribution < 1.29 is 9.18 Å².